The summed E-state index contributed by atoms with van der Waals surface area (Å²) in [7, 11) is 0. The van der Waals surface area contributed by atoms with E-state index in [1.54, 1.807) is 0 Å². The molecule has 0 amide bonds. The van der Waals surface area contributed by atoms with Gasteiger partial charge in [-0.25, -0.2) is 0 Å². The van der Waals surface area contributed by atoms with Crippen molar-refractivity contribution < 1.29 is 0 Å². The average molecular weight is 262 g/mol. The summed E-state index contributed by atoms with van der Waals surface area (Å²) in [5, 5.41) is 12.6. The van der Waals surface area contributed by atoms with Crippen molar-refractivity contribution in [1.29, 1.82) is 5.26 Å². The first kappa shape index (κ1) is 12.9. The smallest absolute Gasteiger partial charge is 0.0991 e. The summed E-state index contributed by atoms with van der Waals surface area (Å²) >= 11 is 0. The number of fused-ring (bicyclic) bond motifs is 1. The molecule has 1 atom stereocenters. The van der Waals surface area contributed by atoms with Crippen LogP contribution in [0.1, 0.15) is 40.3 Å². The molecule has 100 valence electrons. The summed E-state index contributed by atoms with van der Waals surface area (Å²) in [6.07, 6.45) is 2.32. The van der Waals surface area contributed by atoms with Crippen LogP contribution in [0.25, 0.3) is 0 Å². The Hall–Kier alpha value is -2.11. The van der Waals surface area contributed by atoms with E-state index < -0.39 is 0 Å². The van der Waals surface area contributed by atoms with Crippen molar-refractivity contribution in [1.82, 2.24) is 5.32 Å². The summed E-state index contributed by atoms with van der Waals surface area (Å²) in [6, 6.07) is 17.2. The maximum Gasteiger partial charge on any atom is 0.0991 e. The maximum absolute atomic E-state index is 8.93. The van der Waals surface area contributed by atoms with Crippen molar-refractivity contribution in [3.05, 3.63) is 70.3 Å². The van der Waals surface area contributed by atoms with Crippen molar-refractivity contribution in [3.8, 4) is 6.07 Å². The van der Waals surface area contributed by atoms with Crippen molar-refractivity contribution in [2.45, 2.75) is 32.4 Å². The number of nitrogens with one attached hydrogen (secondary N) is 1. The molecule has 0 radical (unpaired) electrons. The molecule has 2 nitrogen and oxygen atoms in total. The average Bonchev–Trinajstić information content (AvgIpc) is 2.87. The number of nitriles is 1. The first-order valence-electron chi connectivity index (χ1n) is 7.08. The van der Waals surface area contributed by atoms with Gasteiger partial charge in [0.2, 0.25) is 0 Å². The van der Waals surface area contributed by atoms with Gasteiger partial charge >= 0.3 is 0 Å². The van der Waals surface area contributed by atoms with E-state index in [1.165, 1.54) is 22.3 Å². The molecular weight excluding hydrogens is 244 g/mol. The van der Waals surface area contributed by atoms with Gasteiger partial charge in [-0.1, -0.05) is 35.9 Å². The molecular formula is C18H18N2. The van der Waals surface area contributed by atoms with Crippen molar-refractivity contribution >= 4 is 0 Å². The molecule has 0 aromatic heterocycles. The highest BCUT2D eigenvalue weighted by Gasteiger charge is 2.21. The molecule has 3 rings (SSSR count). The summed E-state index contributed by atoms with van der Waals surface area (Å²) in [5.74, 6) is 0. The Morgan fingerprint density at radius 3 is 3.00 bits per heavy atom. The number of rotatable bonds is 3. The van der Waals surface area contributed by atoms with E-state index in [0.717, 1.165) is 24.9 Å². The number of aryl methyl sites for hydroxylation is 2. The van der Waals surface area contributed by atoms with Crippen LogP contribution >= 0.6 is 0 Å². The Morgan fingerprint density at radius 2 is 2.15 bits per heavy atom. The van der Waals surface area contributed by atoms with Crippen LogP contribution in [0.15, 0.2) is 42.5 Å². The molecule has 0 bridgehead atoms. The van der Waals surface area contributed by atoms with E-state index in [1.807, 2.05) is 18.2 Å². The van der Waals surface area contributed by atoms with Gasteiger partial charge in [0.1, 0.15) is 0 Å². The summed E-state index contributed by atoms with van der Waals surface area (Å²) in [4.78, 5) is 0. The molecule has 1 aliphatic rings. The predicted octanol–water partition coefficient (Wildman–Crippen LogP) is 3.64. The van der Waals surface area contributed by atoms with Crippen molar-refractivity contribution in [2.75, 3.05) is 0 Å². The van der Waals surface area contributed by atoms with Crippen molar-refractivity contribution in [3.63, 3.8) is 0 Å². The molecule has 1 unspecified atom stereocenters. The summed E-state index contributed by atoms with van der Waals surface area (Å²) in [6.45, 7) is 2.96. The van der Waals surface area contributed by atoms with Gasteiger partial charge in [-0.2, -0.15) is 5.26 Å². The first-order chi connectivity index (χ1) is 9.76. The molecule has 0 fully saturated rings. The third-order valence-electron chi connectivity index (χ3n) is 3.99. The van der Waals surface area contributed by atoms with Gasteiger partial charge in [0.15, 0.2) is 0 Å². The van der Waals surface area contributed by atoms with Crippen LogP contribution in [0, 0.1) is 18.3 Å². The van der Waals surface area contributed by atoms with Gasteiger partial charge < -0.3 is 5.32 Å². The standard InChI is InChI=1S/C18H18N2/c1-13-5-6-16-7-8-18(17(16)9-13)20-12-15-4-2-3-14(10-15)11-19/h2-6,9-10,18,20H,7-8,12H2,1H3. The lowest BCUT2D eigenvalue weighted by Gasteiger charge is -2.14. The van der Waals surface area contributed by atoms with Gasteiger partial charge in [0.05, 0.1) is 11.6 Å². The predicted molar refractivity (Wildman–Crippen MR) is 80.2 cm³/mol. The van der Waals surface area contributed by atoms with E-state index >= 15 is 0 Å². The molecule has 0 aliphatic heterocycles. The molecule has 2 heteroatoms. The monoisotopic (exact) mass is 262 g/mol. The van der Waals surface area contributed by atoms with Gasteiger partial charge in [-0.3, -0.25) is 0 Å². The largest absolute Gasteiger partial charge is 0.306 e. The van der Waals surface area contributed by atoms with E-state index in [2.05, 4.69) is 42.6 Å². The lowest BCUT2D eigenvalue weighted by molar-refractivity contribution is 0.530. The Labute approximate surface area is 120 Å². The summed E-state index contributed by atoms with van der Waals surface area (Å²) < 4.78 is 0. The highest BCUT2D eigenvalue weighted by Crippen LogP contribution is 2.31. The molecule has 0 spiro atoms. The maximum atomic E-state index is 8.93. The van der Waals surface area contributed by atoms with Gasteiger partial charge in [0, 0.05) is 12.6 Å². The number of nitrogens with zero attached hydrogens (tertiary/aromatic N) is 1. The third-order valence-corrected chi connectivity index (χ3v) is 3.99. The topological polar surface area (TPSA) is 35.8 Å². The van der Waals surface area contributed by atoms with Crippen LogP contribution < -0.4 is 5.32 Å². The van der Waals surface area contributed by atoms with Gasteiger partial charge in [-0.05, 0) is 48.6 Å². The molecule has 2 aromatic carbocycles. The van der Waals surface area contributed by atoms with Crippen LogP contribution in [-0.2, 0) is 13.0 Å². The zero-order valence-corrected chi connectivity index (χ0v) is 11.7. The minimum atomic E-state index is 0.440. The van der Waals surface area contributed by atoms with Gasteiger partial charge in [0.25, 0.3) is 0 Å². The Morgan fingerprint density at radius 1 is 1.25 bits per heavy atom. The fraction of sp³-hybridized carbons (Fsp3) is 0.278. The second-order valence-corrected chi connectivity index (χ2v) is 5.49. The van der Waals surface area contributed by atoms with Crippen LogP contribution in [-0.4, -0.2) is 0 Å². The second-order valence-electron chi connectivity index (χ2n) is 5.49. The molecule has 0 heterocycles. The highest BCUT2D eigenvalue weighted by atomic mass is 14.9. The quantitative estimate of drug-likeness (QED) is 0.916. The van der Waals surface area contributed by atoms with Crippen LogP contribution in [0.2, 0.25) is 0 Å². The Kier molecular flexibility index (Phi) is 3.54. The van der Waals surface area contributed by atoms with Crippen LogP contribution in [0.4, 0.5) is 0 Å². The molecule has 1 aliphatic carbocycles. The zero-order valence-electron chi connectivity index (χ0n) is 11.7. The number of hydrogen-bond acceptors (Lipinski definition) is 2. The molecule has 2 aromatic rings. The molecule has 0 saturated carbocycles. The first-order valence-corrected chi connectivity index (χ1v) is 7.08. The lowest BCUT2D eigenvalue weighted by Crippen LogP contribution is -2.18. The SMILES string of the molecule is Cc1ccc2c(c1)C(NCc1cccc(C#N)c1)CC2. The van der Waals surface area contributed by atoms with E-state index in [-0.39, 0.29) is 0 Å². The molecule has 20 heavy (non-hydrogen) atoms. The lowest BCUT2D eigenvalue weighted by atomic mass is 10.0. The highest BCUT2D eigenvalue weighted by molar-refractivity contribution is 5.38. The fourth-order valence-corrected chi connectivity index (χ4v) is 2.93. The zero-order chi connectivity index (χ0) is 13.9. The second kappa shape index (κ2) is 5.48. The minimum absolute atomic E-state index is 0.440. The third kappa shape index (κ3) is 2.59. The van der Waals surface area contributed by atoms with Crippen LogP contribution in [0.3, 0.4) is 0 Å². The van der Waals surface area contributed by atoms with Gasteiger partial charge in [-0.15, -0.1) is 0 Å². The Bertz CT molecular complexity index is 667. The fourth-order valence-electron chi connectivity index (χ4n) is 2.93. The Balaban J connectivity index is 1.72. The van der Waals surface area contributed by atoms with E-state index in [9.17, 15) is 0 Å². The normalized spacial score (nSPS) is 16.7. The van der Waals surface area contributed by atoms with Crippen molar-refractivity contribution in [2.24, 2.45) is 0 Å². The van der Waals surface area contributed by atoms with Crippen LogP contribution in [0.5, 0.6) is 0 Å². The van der Waals surface area contributed by atoms with E-state index in [4.69, 9.17) is 5.26 Å². The van der Waals surface area contributed by atoms with E-state index in [0.29, 0.717) is 6.04 Å². The number of benzene rings is 2. The minimum Gasteiger partial charge on any atom is -0.306 e. The molecule has 1 N–H and O–H groups in total. The number of hydrogen-bond donors (Lipinski definition) is 1. The summed E-state index contributed by atoms with van der Waals surface area (Å²) in [5.41, 5.74) is 6.14. The molecule has 0 saturated heterocycles.